The van der Waals surface area contributed by atoms with Crippen LogP contribution >= 0.6 is 0 Å². The number of hydrogen-bond donors (Lipinski definition) is 0. The van der Waals surface area contributed by atoms with Crippen LogP contribution in [0, 0.1) is 11.9 Å². The highest BCUT2D eigenvalue weighted by molar-refractivity contribution is 5.47. The van der Waals surface area contributed by atoms with Gasteiger partial charge in [-0.2, -0.15) is 0 Å². The average molecular weight is 192 g/mol. The fourth-order valence-electron chi connectivity index (χ4n) is 1.97. The lowest BCUT2D eigenvalue weighted by molar-refractivity contribution is 0.616. The SMILES string of the molecule is Fc1c[c]ccc1N1CCCCCC1. The molecule has 1 saturated heterocycles. The van der Waals surface area contributed by atoms with Crippen LogP contribution in [0.3, 0.4) is 0 Å². The van der Waals surface area contributed by atoms with E-state index in [0.717, 1.165) is 18.8 Å². The molecule has 0 aliphatic carbocycles. The number of hydrogen-bond acceptors (Lipinski definition) is 1. The van der Waals surface area contributed by atoms with Crippen LogP contribution < -0.4 is 4.90 Å². The van der Waals surface area contributed by atoms with Crippen LogP contribution in [-0.2, 0) is 0 Å². The molecule has 0 saturated carbocycles. The smallest absolute Gasteiger partial charge is 0.147 e. The van der Waals surface area contributed by atoms with Crippen molar-refractivity contribution in [3.63, 3.8) is 0 Å². The van der Waals surface area contributed by atoms with E-state index in [1.54, 1.807) is 6.07 Å². The number of nitrogens with zero attached hydrogens (tertiary/aromatic N) is 1. The third kappa shape index (κ3) is 2.06. The molecule has 14 heavy (non-hydrogen) atoms. The fraction of sp³-hybridized carbons (Fsp3) is 0.500. The molecule has 1 aromatic carbocycles. The Bertz CT molecular complexity index is 290. The minimum atomic E-state index is -0.144. The summed E-state index contributed by atoms with van der Waals surface area (Å²) in [5, 5.41) is 0. The maximum absolute atomic E-state index is 13.4. The molecule has 0 N–H and O–H groups in total. The predicted molar refractivity (Wildman–Crippen MR) is 55.9 cm³/mol. The molecule has 1 fully saturated rings. The van der Waals surface area contributed by atoms with Crippen molar-refractivity contribution in [3.8, 4) is 0 Å². The summed E-state index contributed by atoms with van der Waals surface area (Å²) in [5.74, 6) is -0.144. The fourth-order valence-corrected chi connectivity index (χ4v) is 1.97. The van der Waals surface area contributed by atoms with Crippen molar-refractivity contribution in [2.75, 3.05) is 18.0 Å². The van der Waals surface area contributed by atoms with Crippen LogP contribution in [0.25, 0.3) is 0 Å². The van der Waals surface area contributed by atoms with Crippen LogP contribution in [0.1, 0.15) is 25.7 Å². The first-order valence-corrected chi connectivity index (χ1v) is 5.28. The Kier molecular flexibility index (Phi) is 3.02. The van der Waals surface area contributed by atoms with Gasteiger partial charge >= 0.3 is 0 Å². The summed E-state index contributed by atoms with van der Waals surface area (Å²) in [6.45, 7) is 1.97. The van der Waals surface area contributed by atoms with Gasteiger partial charge in [0.1, 0.15) is 5.82 Å². The van der Waals surface area contributed by atoms with Gasteiger partial charge in [-0.25, -0.2) is 4.39 Å². The first-order valence-electron chi connectivity index (χ1n) is 5.28. The summed E-state index contributed by atoms with van der Waals surface area (Å²) in [4.78, 5) is 2.15. The van der Waals surface area contributed by atoms with Gasteiger partial charge in [-0.05, 0) is 31.0 Å². The van der Waals surface area contributed by atoms with Crippen molar-refractivity contribution in [2.45, 2.75) is 25.7 Å². The van der Waals surface area contributed by atoms with E-state index in [1.165, 1.54) is 31.7 Å². The molecule has 2 rings (SSSR count). The van der Waals surface area contributed by atoms with Crippen molar-refractivity contribution in [1.29, 1.82) is 0 Å². The molecule has 0 aromatic heterocycles. The van der Waals surface area contributed by atoms with Crippen molar-refractivity contribution >= 4 is 5.69 Å². The molecule has 1 aliphatic heterocycles. The summed E-state index contributed by atoms with van der Waals surface area (Å²) >= 11 is 0. The standard InChI is InChI=1S/C12H15FN/c13-11-7-3-4-8-12(11)14-9-5-1-2-6-10-14/h4,7-8H,1-2,5-6,9-10H2. The Morgan fingerprint density at radius 2 is 1.86 bits per heavy atom. The summed E-state index contributed by atoms with van der Waals surface area (Å²) in [7, 11) is 0. The second-order valence-electron chi connectivity index (χ2n) is 3.78. The van der Waals surface area contributed by atoms with Crippen LogP contribution in [-0.4, -0.2) is 13.1 Å². The number of benzene rings is 1. The maximum Gasteiger partial charge on any atom is 0.147 e. The zero-order valence-corrected chi connectivity index (χ0v) is 8.30. The molecule has 0 spiro atoms. The number of halogens is 1. The number of anilines is 1. The summed E-state index contributed by atoms with van der Waals surface area (Å²) < 4.78 is 13.4. The molecule has 2 heteroatoms. The summed E-state index contributed by atoms with van der Waals surface area (Å²) in [6, 6.07) is 7.77. The Balaban J connectivity index is 2.16. The number of rotatable bonds is 1. The van der Waals surface area contributed by atoms with E-state index >= 15 is 0 Å². The van der Waals surface area contributed by atoms with E-state index in [-0.39, 0.29) is 5.82 Å². The molecule has 1 aromatic rings. The highest BCUT2D eigenvalue weighted by atomic mass is 19.1. The molecular weight excluding hydrogens is 177 g/mol. The third-order valence-electron chi connectivity index (χ3n) is 2.74. The molecule has 75 valence electrons. The lowest BCUT2D eigenvalue weighted by atomic mass is 10.2. The summed E-state index contributed by atoms with van der Waals surface area (Å²) in [6.07, 6.45) is 4.91. The van der Waals surface area contributed by atoms with Crippen LogP contribution in [0.4, 0.5) is 10.1 Å². The van der Waals surface area contributed by atoms with Gasteiger partial charge in [-0.3, -0.25) is 0 Å². The molecule has 0 unspecified atom stereocenters. The Labute approximate surface area is 84.5 Å². The monoisotopic (exact) mass is 192 g/mol. The van der Waals surface area contributed by atoms with E-state index in [0.29, 0.717) is 0 Å². The zero-order valence-electron chi connectivity index (χ0n) is 8.30. The molecule has 0 bridgehead atoms. The Morgan fingerprint density at radius 1 is 1.14 bits per heavy atom. The van der Waals surface area contributed by atoms with Gasteiger partial charge in [-0.1, -0.05) is 18.9 Å². The van der Waals surface area contributed by atoms with Gasteiger partial charge in [0.25, 0.3) is 0 Å². The lowest BCUT2D eigenvalue weighted by Crippen LogP contribution is -2.24. The van der Waals surface area contributed by atoms with E-state index in [1.807, 2.05) is 6.07 Å². The molecule has 0 atom stereocenters. The minimum Gasteiger partial charge on any atom is -0.369 e. The van der Waals surface area contributed by atoms with E-state index in [9.17, 15) is 4.39 Å². The van der Waals surface area contributed by atoms with E-state index in [2.05, 4.69) is 11.0 Å². The van der Waals surface area contributed by atoms with Gasteiger partial charge in [-0.15, -0.1) is 0 Å². The topological polar surface area (TPSA) is 3.24 Å². The van der Waals surface area contributed by atoms with Crippen molar-refractivity contribution in [3.05, 3.63) is 30.1 Å². The van der Waals surface area contributed by atoms with Crippen molar-refractivity contribution < 1.29 is 4.39 Å². The molecule has 0 amide bonds. The predicted octanol–water partition coefficient (Wildman–Crippen LogP) is 3.01. The molecular formula is C12H15FN. The van der Waals surface area contributed by atoms with Crippen LogP contribution in [0.15, 0.2) is 18.2 Å². The van der Waals surface area contributed by atoms with Crippen LogP contribution in [0.5, 0.6) is 0 Å². The lowest BCUT2D eigenvalue weighted by Gasteiger charge is -2.22. The quantitative estimate of drug-likeness (QED) is 0.661. The second kappa shape index (κ2) is 4.45. The van der Waals surface area contributed by atoms with Gasteiger partial charge in [0.05, 0.1) is 5.69 Å². The zero-order chi connectivity index (χ0) is 9.80. The van der Waals surface area contributed by atoms with Gasteiger partial charge in [0.2, 0.25) is 0 Å². The molecule has 1 heterocycles. The maximum atomic E-state index is 13.4. The largest absolute Gasteiger partial charge is 0.369 e. The van der Waals surface area contributed by atoms with Gasteiger partial charge in [0, 0.05) is 13.1 Å². The molecule has 1 aliphatic rings. The highest BCUT2D eigenvalue weighted by Crippen LogP contribution is 2.21. The Morgan fingerprint density at radius 3 is 2.50 bits per heavy atom. The minimum absolute atomic E-state index is 0.144. The molecule has 1 radical (unpaired) electrons. The summed E-state index contributed by atoms with van der Waals surface area (Å²) in [5.41, 5.74) is 0.741. The Hall–Kier alpha value is -1.05. The van der Waals surface area contributed by atoms with E-state index in [4.69, 9.17) is 0 Å². The third-order valence-corrected chi connectivity index (χ3v) is 2.74. The first-order chi connectivity index (χ1) is 6.88. The van der Waals surface area contributed by atoms with Gasteiger partial charge < -0.3 is 4.90 Å². The average Bonchev–Trinajstić information content (AvgIpc) is 2.47. The first kappa shape index (κ1) is 9.50. The van der Waals surface area contributed by atoms with Crippen molar-refractivity contribution in [1.82, 2.24) is 0 Å². The highest BCUT2D eigenvalue weighted by Gasteiger charge is 2.12. The van der Waals surface area contributed by atoms with Crippen molar-refractivity contribution in [2.24, 2.45) is 0 Å². The van der Waals surface area contributed by atoms with E-state index < -0.39 is 0 Å². The molecule has 1 nitrogen and oxygen atoms in total. The van der Waals surface area contributed by atoms with Crippen LogP contribution in [0.2, 0.25) is 0 Å². The normalized spacial score (nSPS) is 17.9. The van der Waals surface area contributed by atoms with Gasteiger partial charge in [0.15, 0.2) is 0 Å². The second-order valence-corrected chi connectivity index (χ2v) is 3.78.